The number of aromatic nitrogens is 1. The van der Waals surface area contributed by atoms with Crippen molar-refractivity contribution in [3.63, 3.8) is 0 Å². The summed E-state index contributed by atoms with van der Waals surface area (Å²) in [4.78, 5) is 4.56. The molecule has 0 aliphatic rings. The van der Waals surface area contributed by atoms with Crippen LogP contribution in [0.4, 0.5) is 0 Å². The fourth-order valence-corrected chi connectivity index (χ4v) is 3.86. The molecule has 0 saturated heterocycles. The van der Waals surface area contributed by atoms with Gasteiger partial charge in [0.05, 0.1) is 12.8 Å². The van der Waals surface area contributed by atoms with Gasteiger partial charge in [-0.3, -0.25) is 4.98 Å². The Kier molecular flexibility index (Phi) is 5.41. The van der Waals surface area contributed by atoms with E-state index in [9.17, 15) is 5.11 Å². The van der Waals surface area contributed by atoms with E-state index < -0.39 is 5.60 Å². The van der Waals surface area contributed by atoms with E-state index in [0.29, 0.717) is 5.69 Å². The highest BCUT2D eigenvalue weighted by atomic mass is 16.5. The van der Waals surface area contributed by atoms with Gasteiger partial charge in [0.25, 0.3) is 0 Å². The fraction of sp³-hybridized carbons (Fsp3) is 0.115. The lowest BCUT2D eigenvalue weighted by atomic mass is 9.71. The highest BCUT2D eigenvalue weighted by molar-refractivity contribution is 5.46. The van der Waals surface area contributed by atoms with Crippen LogP contribution in [0.15, 0.2) is 109 Å². The van der Waals surface area contributed by atoms with Crippen LogP contribution >= 0.6 is 0 Å². The number of methoxy groups -OCH3 is 1. The molecule has 29 heavy (non-hydrogen) atoms. The molecular weight excluding hydrogens is 358 g/mol. The van der Waals surface area contributed by atoms with E-state index in [0.717, 1.165) is 22.4 Å². The summed E-state index contributed by atoms with van der Waals surface area (Å²) >= 11 is 0. The number of benzene rings is 3. The third-order valence-corrected chi connectivity index (χ3v) is 5.27. The summed E-state index contributed by atoms with van der Waals surface area (Å²) in [6.07, 6.45) is 1.72. The Bertz CT molecular complexity index is 995. The Labute approximate surface area is 171 Å². The minimum Gasteiger partial charge on any atom is -0.497 e. The van der Waals surface area contributed by atoms with Crippen LogP contribution < -0.4 is 4.74 Å². The Balaban J connectivity index is 1.98. The van der Waals surface area contributed by atoms with Gasteiger partial charge in [-0.2, -0.15) is 0 Å². The Hall–Kier alpha value is -3.43. The van der Waals surface area contributed by atoms with Gasteiger partial charge in [-0.05, 0) is 41.0 Å². The van der Waals surface area contributed by atoms with Crippen LogP contribution in [-0.4, -0.2) is 17.2 Å². The Morgan fingerprint density at radius 3 is 1.76 bits per heavy atom. The number of ether oxygens (including phenoxy) is 1. The van der Waals surface area contributed by atoms with Crippen molar-refractivity contribution in [3.8, 4) is 5.75 Å². The van der Waals surface area contributed by atoms with Crippen molar-refractivity contribution in [2.45, 2.75) is 11.5 Å². The quantitative estimate of drug-likeness (QED) is 0.502. The largest absolute Gasteiger partial charge is 0.497 e. The molecule has 4 aromatic rings. The van der Waals surface area contributed by atoms with E-state index in [4.69, 9.17) is 4.74 Å². The first-order valence-electron chi connectivity index (χ1n) is 9.62. The van der Waals surface area contributed by atoms with Crippen molar-refractivity contribution in [1.29, 1.82) is 0 Å². The zero-order chi connectivity index (χ0) is 20.1. The van der Waals surface area contributed by atoms with Crippen LogP contribution in [0, 0.1) is 0 Å². The van der Waals surface area contributed by atoms with E-state index in [1.54, 1.807) is 13.3 Å². The summed E-state index contributed by atoms with van der Waals surface area (Å²) in [7, 11) is 1.64. The predicted octanol–water partition coefficient (Wildman–Crippen LogP) is 5.16. The summed E-state index contributed by atoms with van der Waals surface area (Å²) in [5, 5.41) is 12.4. The van der Waals surface area contributed by atoms with E-state index in [1.165, 1.54) is 0 Å². The van der Waals surface area contributed by atoms with Crippen molar-refractivity contribution < 1.29 is 9.84 Å². The molecule has 0 fully saturated rings. The smallest absolute Gasteiger partial charge is 0.142 e. The number of hydrogen-bond donors (Lipinski definition) is 1. The van der Waals surface area contributed by atoms with Gasteiger partial charge < -0.3 is 9.84 Å². The molecule has 1 aromatic heterocycles. The molecule has 1 atom stereocenters. The van der Waals surface area contributed by atoms with Crippen LogP contribution in [0.5, 0.6) is 5.75 Å². The second-order valence-corrected chi connectivity index (χ2v) is 6.96. The van der Waals surface area contributed by atoms with Gasteiger partial charge >= 0.3 is 0 Å². The topological polar surface area (TPSA) is 42.4 Å². The summed E-state index contributed by atoms with van der Waals surface area (Å²) in [6.45, 7) is 0. The molecule has 0 bridgehead atoms. The average Bonchev–Trinajstić information content (AvgIpc) is 2.81. The third kappa shape index (κ3) is 3.65. The number of pyridine rings is 1. The normalized spacial score (nSPS) is 13.1. The van der Waals surface area contributed by atoms with Gasteiger partial charge in [-0.1, -0.05) is 78.9 Å². The summed E-state index contributed by atoms with van der Waals surface area (Å²) in [5.74, 6) is 0.404. The minimum atomic E-state index is -1.36. The lowest BCUT2D eigenvalue weighted by Crippen LogP contribution is -2.36. The molecule has 1 N–H and O–H groups in total. The highest BCUT2D eigenvalue weighted by Crippen LogP contribution is 2.45. The van der Waals surface area contributed by atoms with Gasteiger partial charge in [0, 0.05) is 12.1 Å². The van der Waals surface area contributed by atoms with Gasteiger partial charge in [0.1, 0.15) is 11.4 Å². The summed E-state index contributed by atoms with van der Waals surface area (Å²) in [6, 6.07) is 33.4. The molecule has 0 amide bonds. The van der Waals surface area contributed by atoms with Crippen LogP contribution in [0.2, 0.25) is 0 Å². The molecule has 144 valence electrons. The van der Waals surface area contributed by atoms with Crippen molar-refractivity contribution >= 4 is 0 Å². The molecule has 0 spiro atoms. The third-order valence-electron chi connectivity index (χ3n) is 5.27. The summed E-state index contributed by atoms with van der Waals surface area (Å²) < 4.78 is 5.32. The Morgan fingerprint density at radius 1 is 0.724 bits per heavy atom. The minimum absolute atomic E-state index is 0.340. The monoisotopic (exact) mass is 381 g/mol. The molecule has 0 aliphatic carbocycles. The second kappa shape index (κ2) is 8.29. The van der Waals surface area contributed by atoms with Crippen LogP contribution in [-0.2, 0) is 5.60 Å². The van der Waals surface area contributed by atoms with E-state index in [1.807, 2.05) is 78.9 Å². The molecule has 0 radical (unpaired) electrons. The molecule has 3 aromatic carbocycles. The molecule has 4 rings (SSSR count). The van der Waals surface area contributed by atoms with E-state index >= 15 is 0 Å². The number of hydrogen-bond acceptors (Lipinski definition) is 3. The number of aliphatic hydroxyl groups is 1. The molecular formula is C26H23NO2. The second-order valence-electron chi connectivity index (χ2n) is 6.96. The van der Waals surface area contributed by atoms with Gasteiger partial charge in [-0.25, -0.2) is 0 Å². The maximum Gasteiger partial charge on any atom is 0.142 e. The zero-order valence-corrected chi connectivity index (χ0v) is 16.3. The van der Waals surface area contributed by atoms with Gasteiger partial charge in [-0.15, -0.1) is 0 Å². The van der Waals surface area contributed by atoms with Crippen molar-refractivity contribution in [2.75, 3.05) is 7.11 Å². The SMILES string of the molecule is COc1ccc(C(O)(c2ccccn2)C(c2ccccc2)c2ccccc2)cc1. The van der Waals surface area contributed by atoms with E-state index in [2.05, 4.69) is 29.2 Å². The molecule has 0 saturated carbocycles. The maximum atomic E-state index is 12.4. The average molecular weight is 381 g/mol. The first-order chi connectivity index (χ1) is 14.2. The van der Waals surface area contributed by atoms with E-state index in [-0.39, 0.29) is 5.92 Å². The predicted molar refractivity (Wildman–Crippen MR) is 115 cm³/mol. The molecule has 3 heteroatoms. The lowest BCUT2D eigenvalue weighted by molar-refractivity contribution is 0.0579. The van der Waals surface area contributed by atoms with Crippen molar-refractivity contribution in [2.24, 2.45) is 0 Å². The van der Waals surface area contributed by atoms with Gasteiger partial charge in [0.15, 0.2) is 0 Å². The standard InChI is InChI=1S/C26H23NO2/c1-29-23-17-15-22(16-18-23)26(28,24-14-8-9-19-27-24)25(20-10-4-2-5-11-20)21-12-6-3-7-13-21/h2-19,25,28H,1H3. The highest BCUT2D eigenvalue weighted by Gasteiger charge is 2.43. The lowest BCUT2D eigenvalue weighted by Gasteiger charge is -2.37. The first-order valence-corrected chi connectivity index (χ1v) is 9.62. The van der Waals surface area contributed by atoms with Gasteiger partial charge in [0.2, 0.25) is 0 Å². The molecule has 1 heterocycles. The zero-order valence-electron chi connectivity index (χ0n) is 16.3. The first kappa shape index (κ1) is 18.9. The van der Waals surface area contributed by atoms with Crippen molar-refractivity contribution in [3.05, 3.63) is 132 Å². The maximum absolute atomic E-state index is 12.4. The van der Waals surface area contributed by atoms with Crippen LogP contribution in [0.25, 0.3) is 0 Å². The molecule has 3 nitrogen and oxygen atoms in total. The van der Waals surface area contributed by atoms with Crippen molar-refractivity contribution in [1.82, 2.24) is 4.98 Å². The van der Waals surface area contributed by atoms with Crippen LogP contribution in [0.3, 0.4) is 0 Å². The molecule has 1 unspecified atom stereocenters. The summed E-state index contributed by atoms with van der Waals surface area (Å²) in [5.41, 5.74) is 2.03. The number of rotatable bonds is 6. The number of nitrogens with zero attached hydrogens (tertiary/aromatic N) is 1. The Morgan fingerprint density at radius 2 is 1.28 bits per heavy atom. The molecule has 0 aliphatic heterocycles. The van der Waals surface area contributed by atoms with Crippen LogP contribution in [0.1, 0.15) is 28.3 Å². The fourth-order valence-electron chi connectivity index (χ4n) is 3.86.